The number of hydrogen-bond donors (Lipinski definition) is 2. The molecule has 0 aliphatic carbocycles. The smallest absolute Gasteiger partial charge is 0.321 e. The van der Waals surface area contributed by atoms with Gasteiger partial charge in [-0.3, -0.25) is 20.2 Å². The van der Waals surface area contributed by atoms with Crippen LogP contribution in [0.3, 0.4) is 0 Å². The van der Waals surface area contributed by atoms with Gasteiger partial charge in [0.05, 0.1) is 4.92 Å². The topological polar surface area (TPSA) is 106 Å². The number of carbonyl (C=O) groups is 1. The second kappa shape index (κ2) is 6.23. The molecule has 23 heavy (non-hydrogen) atoms. The van der Waals surface area contributed by atoms with E-state index in [1.165, 1.54) is 23.9 Å². The lowest BCUT2D eigenvalue weighted by Gasteiger charge is -2.07. The molecule has 0 saturated carbocycles. The largest absolute Gasteiger partial charge is 0.480 e. The van der Waals surface area contributed by atoms with E-state index < -0.39 is 16.9 Å². The molecule has 3 rings (SSSR count). The summed E-state index contributed by atoms with van der Waals surface area (Å²) >= 11 is 7.23. The van der Waals surface area contributed by atoms with Gasteiger partial charge in [0.1, 0.15) is 28.0 Å². The maximum absolute atomic E-state index is 11.0. The lowest BCUT2D eigenvalue weighted by molar-refractivity contribution is -0.384. The van der Waals surface area contributed by atoms with E-state index in [0.717, 1.165) is 0 Å². The van der Waals surface area contributed by atoms with Crippen LogP contribution in [-0.4, -0.2) is 27.8 Å². The fraction of sp³-hybridized carbons (Fsp3) is 0.214. The van der Waals surface area contributed by atoms with E-state index in [2.05, 4.69) is 5.32 Å². The Morgan fingerprint density at radius 3 is 2.87 bits per heavy atom. The van der Waals surface area contributed by atoms with Crippen LogP contribution in [0.1, 0.15) is 11.1 Å². The van der Waals surface area contributed by atoms with Crippen LogP contribution in [-0.2, 0) is 4.79 Å². The van der Waals surface area contributed by atoms with Crippen LogP contribution < -0.4 is 5.32 Å². The Morgan fingerprint density at radius 2 is 2.22 bits per heavy atom. The molecule has 120 valence electrons. The molecule has 0 unspecified atom stereocenters. The van der Waals surface area contributed by atoms with Crippen LogP contribution >= 0.6 is 23.4 Å². The molecule has 0 bridgehead atoms. The summed E-state index contributed by atoms with van der Waals surface area (Å²) < 4.78 is 5.71. The second-order valence-corrected chi connectivity index (χ2v) is 6.44. The number of benzene rings is 1. The number of nitro benzene ring substituents is 1. The van der Waals surface area contributed by atoms with Gasteiger partial charge in [-0.2, -0.15) is 0 Å². The average Bonchev–Trinajstić information content (AvgIpc) is 3.16. The normalized spacial score (nSPS) is 20.6. The van der Waals surface area contributed by atoms with E-state index in [0.29, 0.717) is 22.8 Å². The van der Waals surface area contributed by atoms with Crippen molar-refractivity contribution in [3.05, 3.63) is 51.2 Å². The van der Waals surface area contributed by atoms with Crippen molar-refractivity contribution in [1.82, 2.24) is 5.32 Å². The first kappa shape index (κ1) is 15.9. The van der Waals surface area contributed by atoms with Gasteiger partial charge in [0, 0.05) is 17.4 Å². The van der Waals surface area contributed by atoms with Gasteiger partial charge in [-0.05, 0) is 24.3 Å². The number of nitrogens with zero attached hydrogens (tertiary/aromatic N) is 1. The minimum atomic E-state index is -0.903. The molecule has 2 aromatic rings. The van der Waals surface area contributed by atoms with Gasteiger partial charge in [0.25, 0.3) is 5.69 Å². The second-order valence-electron chi connectivity index (χ2n) is 4.90. The summed E-state index contributed by atoms with van der Waals surface area (Å²) in [5.41, 5.74) is 0.339. The van der Waals surface area contributed by atoms with Crippen molar-refractivity contribution < 1.29 is 19.2 Å². The number of halogens is 1. The molecule has 9 heteroatoms. The van der Waals surface area contributed by atoms with Gasteiger partial charge in [-0.15, -0.1) is 11.8 Å². The standard InChI is InChI=1S/C14H11ClN2O5S/c15-8-2-1-7(5-10(8)17(20)21)11-3-4-12(22-11)13-16-9(6-23-13)14(18)19/h1-5,9,13,16H,6H2,(H,18,19)/t9-,13+/m0/s1. The maximum atomic E-state index is 11.0. The zero-order valence-corrected chi connectivity index (χ0v) is 13.1. The number of rotatable bonds is 4. The van der Waals surface area contributed by atoms with E-state index >= 15 is 0 Å². The predicted octanol–water partition coefficient (Wildman–Crippen LogP) is 3.30. The van der Waals surface area contributed by atoms with Crippen molar-refractivity contribution in [2.45, 2.75) is 11.4 Å². The minimum absolute atomic E-state index is 0.0582. The molecule has 1 aliphatic rings. The Kier molecular flexibility index (Phi) is 4.29. The van der Waals surface area contributed by atoms with Crippen LogP contribution in [0.15, 0.2) is 34.7 Å². The molecule has 2 atom stereocenters. The predicted molar refractivity (Wildman–Crippen MR) is 85.6 cm³/mol. The van der Waals surface area contributed by atoms with Gasteiger partial charge in [0.15, 0.2) is 0 Å². The maximum Gasteiger partial charge on any atom is 0.321 e. The van der Waals surface area contributed by atoms with Gasteiger partial charge in [-0.1, -0.05) is 11.6 Å². The van der Waals surface area contributed by atoms with Crippen molar-refractivity contribution in [2.24, 2.45) is 0 Å². The Labute approximate surface area is 139 Å². The lowest BCUT2D eigenvalue weighted by atomic mass is 10.1. The summed E-state index contributed by atoms with van der Waals surface area (Å²) in [6, 6.07) is 7.23. The molecule has 1 fully saturated rings. The summed E-state index contributed by atoms with van der Waals surface area (Å²) in [7, 11) is 0. The van der Waals surface area contributed by atoms with E-state index in [1.54, 1.807) is 18.2 Å². The molecule has 0 spiro atoms. The highest BCUT2D eigenvalue weighted by Gasteiger charge is 2.32. The summed E-state index contributed by atoms with van der Waals surface area (Å²) in [4.78, 5) is 21.3. The summed E-state index contributed by atoms with van der Waals surface area (Å²) in [5.74, 6) is 0.579. The highest BCUT2D eigenvalue weighted by atomic mass is 35.5. The molecule has 1 aliphatic heterocycles. The van der Waals surface area contributed by atoms with Gasteiger partial charge in [-0.25, -0.2) is 0 Å². The number of carboxylic acid groups (broad SMARTS) is 1. The third kappa shape index (κ3) is 3.19. The van der Waals surface area contributed by atoms with E-state index in [9.17, 15) is 14.9 Å². The molecule has 7 nitrogen and oxygen atoms in total. The number of carboxylic acids is 1. The van der Waals surface area contributed by atoms with Gasteiger partial charge in [0.2, 0.25) is 0 Å². The molecule has 1 aromatic carbocycles. The molecular formula is C14H11ClN2O5S. The number of furan rings is 1. The molecule has 0 amide bonds. The monoisotopic (exact) mass is 354 g/mol. The lowest BCUT2D eigenvalue weighted by Crippen LogP contribution is -2.33. The summed E-state index contributed by atoms with van der Waals surface area (Å²) in [6.45, 7) is 0. The Morgan fingerprint density at radius 1 is 1.43 bits per heavy atom. The molecule has 0 radical (unpaired) electrons. The first-order chi connectivity index (χ1) is 11.0. The SMILES string of the molecule is O=C(O)[C@@H]1CS[C@H](c2ccc(-c3ccc(Cl)c([N+](=O)[O-])c3)o2)N1. The van der Waals surface area contributed by atoms with Crippen molar-refractivity contribution in [2.75, 3.05) is 5.75 Å². The first-order valence-corrected chi connectivity index (χ1v) is 8.03. The van der Waals surface area contributed by atoms with E-state index in [4.69, 9.17) is 21.1 Å². The highest BCUT2D eigenvalue weighted by molar-refractivity contribution is 7.99. The number of nitrogens with one attached hydrogen (secondary N) is 1. The highest BCUT2D eigenvalue weighted by Crippen LogP contribution is 2.37. The van der Waals surface area contributed by atoms with Crippen LogP contribution in [0.2, 0.25) is 5.02 Å². The minimum Gasteiger partial charge on any atom is -0.480 e. The van der Waals surface area contributed by atoms with E-state index in [1.807, 2.05) is 0 Å². The Bertz CT molecular complexity index is 778. The molecule has 1 aromatic heterocycles. The Hall–Kier alpha value is -2.03. The zero-order chi connectivity index (χ0) is 16.6. The molecule has 2 N–H and O–H groups in total. The number of aliphatic carboxylic acids is 1. The molecular weight excluding hydrogens is 344 g/mol. The van der Waals surface area contributed by atoms with E-state index in [-0.39, 0.29) is 16.1 Å². The van der Waals surface area contributed by atoms with Gasteiger partial charge >= 0.3 is 5.97 Å². The number of nitro groups is 1. The quantitative estimate of drug-likeness (QED) is 0.641. The van der Waals surface area contributed by atoms with Crippen LogP contribution in [0, 0.1) is 10.1 Å². The first-order valence-electron chi connectivity index (χ1n) is 6.60. The fourth-order valence-corrected chi connectivity index (χ4v) is 3.59. The van der Waals surface area contributed by atoms with Crippen molar-refractivity contribution >= 4 is 35.0 Å². The zero-order valence-electron chi connectivity index (χ0n) is 11.6. The van der Waals surface area contributed by atoms with Crippen molar-refractivity contribution in [3.8, 4) is 11.3 Å². The van der Waals surface area contributed by atoms with Gasteiger partial charge < -0.3 is 9.52 Å². The number of thioether (sulfide) groups is 1. The number of hydrogen-bond acceptors (Lipinski definition) is 6. The third-order valence-electron chi connectivity index (χ3n) is 3.39. The summed E-state index contributed by atoms with van der Waals surface area (Å²) in [6.07, 6.45) is 0. The van der Waals surface area contributed by atoms with Crippen LogP contribution in [0.4, 0.5) is 5.69 Å². The molecule has 2 heterocycles. The average molecular weight is 355 g/mol. The van der Waals surface area contributed by atoms with Crippen molar-refractivity contribution in [3.63, 3.8) is 0 Å². The Balaban J connectivity index is 1.84. The van der Waals surface area contributed by atoms with Crippen molar-refractivity contribution in [1.29, 1.82) is 0 Å². The molecule has 1 saturated heterocycles. The van der Waals surface area contributed by atoms with Crippen LogP contribution in [0.25, 0.3) is 11.3 Å². The fourth-order valence-electron chi connectivity index (χ4n) is 2.23. The third-order valence-corrected chi connectivity index (χ3v) is 4.94. The van der Waals surface area contributed by atoms with Crippen LogP contribution in [0.5, 0.6) is 0 Å². The summed E-state index contributed by atoms with van der Waals surface area (Å²) in [5, 5.41) is 22.7.